The molecule has 0 N–H and O–H groups in total. The van der Waals surface area contributed by atoms with E-state index in [0.29, 0.717) is 15.8 Å². The van der Waals surface area contributed by atoms with Gasteiger partial charge in [0, 0.05) is 0 Å². The average molecular weight is 511 g/mol. The van der Waals surface area contributed by atoms with Crippen molar-refractivity contribution in [2.24, 2.45) is 0 Å². The molecule has 0 aromatic carbocycles. The molecule has 0 saturated heterocycles. The van der Waals surface area contributed by atoms with Gasteiger partial charge in [-0.05, 0) is 86.3 Å². The molecular formula is C28H54NiP2. The van der Waals surface area contributed by atoms with Crippen molar-refractivity contribution in [1.82, 2.24) is 0 Å². The zero-order valence-corrected chi connectivity index (χ0v) is 23.9. The Morgan fingerprint density at radius 1 is 0.355 bits per heavy atom. The summed E-state index contributed by atoms with van der Waals surface area (Å²) in [5.74, 6) is 0. The predicted octanol–water partition coefficient (Wildman–Crippen LogP) is 10.2. The Labute approximate surface area is 210 Å². The van der Waals surface area contributed by atoms with Gasteiger partial charge >= 0.3 is 16.5 Å². The molecule has 3 heteroatoms. The zero-order chi connectivity index (χ0) is 19.0. The van der Waals surface area contributed by atoms with Gasteiger partial charge in [-0.15, -0.1) is 0 Å². The molecule has 0 aliphatic heterocycles. The summed E-state index contributed by atoms with van der Waals surface area (Å²) in [7, 11) is 0.689. The fraction of sp³-hybridized carbons (Fsp3) is 0.929. The fourth-order valence-corrected chi connectivity index (χ4v) is 15.8. The second-order valence-electron chi connectivity index (χ2n) is 10.6. The van der Waals surface area contributed by atoms with Crippen LogP contribution in [0, 0.1) is 14.9 Å². The van der Waals surface area contributed by atoms with Crippen LogP contribution in [0.1, 0.15) is 128 Å². The van der Waals surface area contributed by atoms with Gasteiger partial charge in [-0.25, -0.2) is 0 Å². The second kappa shape index (κ2) is 16.9. The largest absolute Gasteiger partial charge is 2.00 e. The third-order valence-corrected chi connectivity index (χ3v) is 16.4. The van der Waals surface area contributed by atoms with Crippen LogP contribution in [0.25, 0.3) is 0 Å². The molecule has 0 spiro atoms. The summed E-state index contributed by atoms with van der Waals surface area (Å²) < 4.78 is 0. The maximum atomic E-state index is 1.71. The van der Waals surface area contributed by atoms with Crippen molar-refractivity contribution in [3.63, 3.8) is 0 Å². The predicted molar refractivity (Wildman–Crippen MR) is 144 cm³/mol. The van der Waals surface area contributed by atoms with Crippen LogP contribution in [-0.2, 0) is 16.5 Å². The minimum atomic E-state index is 0. The first-order chi connectivity index (χ1) is 13.9. The maximum absolute atomic E-state index is 1.71. The molecule has 4 aliphatic rings. The molecule has 0 atom stereocenters. The zero-order valence-electron chi connectivity index (χ0n) is 21.1. The Morgan fingerprint density at radius 3 is 0.742 bits per heavy atom. The van der Waals surface area contributed by atoms with Gasteiger partial charge in [0.1, 0.15) is 0 Å². The van der Waals surface area contributed by atoms with Gasteiger partial charge in [0.15, 0.2) is 0 Å². The van der Waals surface area contributed by atoms with Crippen molar-refractivity contribution in [1.29, 1.82) is 0 Å². The van der Waals surface area contributed by atoms with E-state index < -0.39 is 0 Å². The normalized spacial score (nSPS) is 25.0. The van der Waals surface area contributed by atoms with E-state index in [0.717, 1.165) is 0 Å². The smallest absolute Gasteiger partial charge is 0.358 e. The van der Waals surface area contributed by atoms with Crippen LogP contribution < -0.4 is 0 Å². The van der Waals surface area contributed by atoms with Crippen molar-refractivity contribution < 1.29 is 16.5 Å². The van der Waals surface area contributed by atoms with Crippen molar-refractivity contribution in [3.05, 3.63) is 14.9 Å². The van der Waals surface area contributed by atoms with Gasteiger partial charge in [-0.3, -0.25) is 0 Å². The Bertz CT molecular complexity index is 343. The van der Waals surface area contributed by atoms with Crippen LogP contribution in [0.4, 0.5) is 0 Å². The second-order valence-corrected chi connectivity index (χ2v) is 16.5. The van der Waals surface area contributed by atoms with E-state index in [9.17, 15) is 0 Å². The van der Waals surface area contributed by atoms with Gasteiger partial charge in [0.2, 0.25) is 0 Å². The fourth-order valence-electron chi connectivity index (χ4n) is 7.21. The molecule has 0 radical (unpaired) electrons. The van der Waals surface area contributed by atoms with Crippen LogP contribution in [-0.4, -0.2) is 35.0 Å². The maximum Gasteiger partial charge on any atom is 2.00 e. The van der Waals surface area contributed by atoms with E-state index in [-0.39, 0.29) is 31.3 Å². The summed E-state index contributed by atoms with van der Waals surface area (Å²) in [5, 5.41) is 0. The molecule has 4 fully saturated rings. The van der Waals surface area contributed by atoms with Crippen LogP contribution in [0.15, 0.2) is 0 Å². The van der Waals surface area contributed by atoms with E-state index in [4.69, 9.17) is 0 Å². The van der Waals surface area contributed by atoms with E-state index in [2.05, 4.69) is 0 Å². The van der Waals surface area contributed by atoms with Crippen molar-refractivity contribution >= 4 is 15.8 Å². The van der Waals surface area contributed by atoms with Gasteiger partial charge < -0.3 is 14.9 Å². The Balaban J connectivity index is 0.00000160. The summed E-state index contributed by atoms with van der Waals surface area (Å²) in [6.45, 7) is 0. The number of hydrogen-bond donors (Lipinski definition) is 0. The first-order valence-corrected chi connectivity index (χ1v) is 16.8. The van der Waals surface area contributed by atoms with Crippen LogP contribution in [0.5, 0.6) is 0 Å². The molecular weight excluding hydrogens is 457 g/mol. The minimum absolute atomic E-state index is 0. The molecule has 4 aliphatic carbocycles. The van der Waals surface area contributed by atoms with Crippen molar-refractivity contribution in [3.8, 4) is 0 Å². The van der Waals surface area contributed by atoms with E-state index in [1.165, 1.54) is 22.6 Å². The van der Waals surface area contributed by atoms with Gasteiger partial charge in [-0.2, -0.15) is 0 Å². The Morgan fingerprint density at radius 2 is 0.548 bits per heavy atom. The summed E-state index contributed by atoms with van der Waals surface area (Å²) in [5.41, 5.74) is 4.73. The van der Waals surface area contributed by atoms with Crippen LogP contribution >= 0.6 is 15.8 Å². The quantitative estimate of drug-likeness (QED) is 0.181. The molecule has 0 aromatic rings. The molecule has 4 saturated carbocycles. The third-order valence-electron chi connectivity index (χ3n) is 8.79. The first-order valence-electron chi connectivity index (χ1n) is 13.4. The summed E-state index contributed by atoms with van der Waals surface area (Å²) in [4.78, 5) is 0. The number of hydrogen-bond acceptors (Lipinski definition) is 0. The van der Waals surface area contributed by atoms with E-state index in [1.54, 1.807) is 141 Å². The number of rotatable bonds is 7. The van der Waals surface area contributed by atoms with Gasteiger partial charge in [0.25, 0.3) is 0 Å². The van der Waals surface area contributed by atoms with Crippen LogP contribution in [0.3, 0.4) is 0 Å². The molecule has 186 valence electrons. The van der Waals surface area contributed by atoms with E-state index >= 15 is 0 Å². The van der Waals surface area contributed by atoms with Crippen LogP contribution in [0.2, 0.25) is 0 Å². The van der Waals surface area contributed by atoms with Gasteiger partial charge in [0.05, 0.1) is 0 Å². The summed E-state index contributed by atoms with van der Waals surface area (Å²) in [6.07, 6.45) is 35.1. The molecule has 4 rings (SSSR count). The Kier molecular flexibility index (Phi) is 16.6. The monoisotopic (exact) mass is 510 g/mol. The summed E-state index contributed by atoms with van der Waals surface area (Å²) in [6, 6.07) is 0. The van der Waals surface area contributed by atoms with E-state index in [1.807, 2.05) is 0 Å². The molecule has 31 heavy (non-hydrogen) atoms. The molecule has 0 heterocycles. The minimum Gasteiger partial charge on any atom is -0.358 e. The van der Waals surface area contributed by atoms with Crippen molar-refractivity contribution in [2.75, 3.05) is 12.3 Å². The molecule has 0 nitrogen and oxygen atoms in total. The molecule has 0 bridgehead atoms. The van der Waals surface area contributed by atoms with Gasteiger partial charge in [-0.1, -0.05) is 92.9 Å². The topological polar surface area (TPSA) is 0 Å². The average Bonchev–Trinajstić information content (AvgIpc) is 2.79. The standard InChI is InChI=1S/C26H48P2.2CH3.Ni/c1-5-13-23(14-6-1)27(24-15-7-2-8-16-24)21-22-28(25-17-9-3-10-18-25)26-19-11-4-12-20-26;;;/h23-26H,1-22H2;2*1H3;/q;2*-1;+2. The molecule has 0 amide bonds. The first kappa shape index (κ1) is 30.4. The van der Waals surface area contributed by atoms with Crippen molar-refractivity contribution in [2.45, 2.75) is 151 Å². The molecule has 0 aromatic heterocycles. The SMILES string of the molecule is C1CCC(P(CCP(C2CCCCC2)C2CCCCC2)C2CCCCC2)CC1.[CH3-].[CH3-].[Ni+2]. The summed E-state index contributed by atoms with van der Waals surface area (Å²) >= 11 is 0. The molecule has 0 unspecified atom stereocenters. The Hall–Kier alpha value is 1.35. The third kappa shape index (κ3) is 9.14.